The summed E-state index contributed by atoms with van der Waals surface area (Å²) in [6.07, 6.45) is 4.34. The summed E-state index contributed by atoms with van der Waals surface area (Å²) < 4.78 is 1.75. The minimum atomic E-state index is -0.886. The number of rotatable bonds is 5. The van der Waals surface area contributed by atoms with E-state index < -0.39 is 12.0 Å². The van der Waals surface area contributed by atoms with Gasteiger partial charge in [0, 0.05) is 18.3 Å². The van der Waals surface area contributed by atoms with E-state index in [0.717, 1.165) is 13.0 Å². The van der Waals surface area contributed by atoms with Crippen molar-refractivity contribution in [2.75, 3.05) is 7.05 Å². The predicted octanol–water partition coefficient (Wildman–Crippen LogP) is 0.638. The third-order valence-electron chi connectivity index (χ3n) is 1.97. The Morgan fingerprint density at radius 3 is 3.00 bits per heavy atom. The topological polar surface area (TPSA) is 67.2 Å². The molecule has 1 atom stereocenters. The number of likely N-dealkylation sites (N-methyl/N-ethyl adjacent to an activating group) is 1. The average molecular weight is 197 g/mol. The molecule has 78 valence electrons. The molecule has 0 aromatic carbocycles. The van der Waals surface area contributed by atoms with E-state index in [1.165, 1.54) is 0 Å². The number of nitrogens with zero attached hydrogens (tertiary/aromatic N) is 2. The largest absolute Gasteiger partial charge is 0.480 e. The zero-order valence-electron chi connectivity index (χ0n) is 8.40. The standard InChI is InChI=1S/C9H15N3O2/c1-3-4-12-6-7(5-11-12)8(10-2)9(13)14/h5-6,8,10H,3-4H2,1-2H3,(H,13,14). The molecule has 0 amide bonds. The van der Waals surface area contributed by atoms with Crippen LogP contribution in [0, 0.1) is 0 Å². The van der Waals surface area contributed by atoms with E-state index in [1.54, 1.807) is 24.1 Å². The van der Waals surface area contributed by atoms with Gasteiger partial charge in [0.15, 0.2) is 0 Å². The molecule has 14 heavy (non-hydrogen) atoms. The molecule has 1 unspecified atom stereocenters. The van der Waals surface area contributed by atoms with Gasteiger partial charge in [-0.15, -0.1) is 0 Å². The van der Waals surface area contributed by atoms with Gasteiger partial charge >= 0.3 is 5.97 Å². The summed E-state index contributed by atoms with van der Waals surface area (Å²) in [6, 6.07) is -0.666. The maximum Gasteiger partial charge on any atom is 0.325 e. The molecule has 0 aliphatic rings. The lowest BCUT2D eigenvalue weighted by Crippen LogP contribution is -2.24. The highest BCUT2D eigenvalue weighted by Gasteiger charge is 2.18. The van der Waals surface area contributed by atoms with Gasteiger partial charge in [0.1, 0.15) is 6.04 Å². The number of hydrogen-bond acceptors (Lipinski definition) is 3. The molecule has 1 heterocycles. The fourth-order valence-corrected chi connectivity index (χ4v) is 1.31. The molecule has 1 aromatic heterocycles. The van der Waals surface area contributed by atoms with Gasteiger partial charge in [-0.3, -0.25) is 9.48 Å². The van der Waals surface area contributed by atoms with Gasteiger partial charge in [-0.2, -0.15) is 5.10 Å². The maximum absolute atomic E-state index is 10.8. The van der Waals surface area contributed by atoms with Crippen molar-refractivity contribution in [1.29, 1.82) is 0 Å². The fourth-order valence-electron chi connectivity index (χ4n) is 1.31. The SMILES string of the molecule is CCCn1cc(C(NC)C(=O)O)cn1. The third kappa shape index (κ3) is 2.32. The molecule has 1 rings (SSSR count). The first-order valence-electron chi connectivity index (χ1n) is 4.61. The smallest absolute Gasteiger partial charge is 0.325 e. The van der Waals surface area contributed by atoms with Crippen molar-refractivity contribution in [3.63, 3.8) is 0 Å². The van der Waals surface area contributed by atoms with Gasteiger partial charge in [-0.05, 0) is 13.5 Å². The van der Waals surface area contributed by atoms with E-state index in [1.807, 2.05) is 6.92 Å². The molecule has 0 saturated carbocycles. The predicted molar refractivity (Wildman–Crippen MR) is 52.0 cm³/mol. The van der Waals surface area contributed by atoms with Crippen LogP contribution in [0.25, 0.3) is 0 Å². The average Bonchev–Trinajstić information content (AvgIpc) is 2.54. The number of aromatic nitrogens is 2. The Morgan fingerprint density at radius 2 is 2.50 bits per heavy atom. The Labute approximate surface area is 82.7 Å². The molecule has 0 fully saturated rings. The first-order chi connectivity index (χ1) is 6.69. The minimum absolute atomic E-state index is 0.666. The number of carboxylic acids is 1. The Hall–Kier alpha value is -1.36. The van der Waals surface area contributed by atoms with Crippen LogP contribution in [-0.4, -0.2) is 27.9 Å². The summed E-state index contributed by atoms with van der Waals surface area (Å²) >= 11 is 0. The van der Waals surface area contributed by atoms with Crippen LogP contribution in [0.15, 0.2) is 12.4 Å². The monoisotopic (exact) mass is 197 g/mol. The Kier molecular flexibility index (Phi) is 3.64. The van der Waals surface area contributed by atoms with E-state index in [-0.39, 0.29) is 0 Å². The third-order valence-corrected chi connectivity index (χ3v) is 1.97. The molecule has 0 bridgehead atoms. The first kappa shape index (κ1) is 10.7. The van der Waals surface area contributed by atoms with Crippen molar-refractivity contribution in [3.8, 4) is 0 Å². The molecular weight excluding hydrogens is 182 g/mol. The molecule has 1 aromatic rings. The van der Waals surface area contributed by atoms with Crippen LogP contribution >= 0.6 is 0 Å². The quantitative estimate of drug-likeness (QED) is 0.726. The Bertz CT molecular complexity index is 309. The van der Waals surface area contributed by atoms with E-state index in [0.29, 0.717) is 5.56 Å². The highest BCUT2D eigenvalue weighted by Crippen LogP contribution is 2.11. The second kappa shape index (κ2) is 4.76. The second-order valence-electron chi connectivity index (χ2n) is 3.10. The maximum atomic E-state index is 10.8. The molecule has 0 aliphatic heterocycles. The summed E-state index contributed by atoms with van der Waals surface area (Å²) in [6.45, 7) is 2.87. The number of carbonyl (C=O) groups is 1. The number of nitrogens with one attached hydrogen (secondary N) is 1. The fraction of sp³-hybridized carbons (Fsp3) is 0.556. The molecule has 0 aliphatic carbocycles. The van der Waals surface area contributed by atoms with Gasteiger partial charge in [-0.25, -0.2) is 0 Å². The molecule has 0 spiro atoms. The van der Waals surface area contributed by atoms with Crippen LogP contribution in [0.4, 0.5) is 0 Å². The van der Waals surface area contributed by atoms with Crippen molar-refractivity contribution in [1.82, 2.24) is 15.1 Å². The molecule has 2 N–H and O–H groups in total. The zero-order valence-corrected chi connectivity index (χ0v) is 8.40. The molecule has 0 radical (unpaired) electrons. The van der Waals surface area contributed by atoms with Crippen LogP contribution in [-0.2, 0) is 11.3 Å². The number of aliphatic carboxylic acids is 1. The second-order valence-corrected chi connectivity index (χ2v) is 3.10. The highest BCUT2D eigenvalue weighted by molar-refractivity contribution is 5.75. The van der Waals surface area contributed by atoms with Crippen molar-refractivity contribution in [3.05, 3.63) is 18.0 Å². The number of hydrogen-bond donors (Lipinski definition) is 2. The Morgan fingerprint density at radius 1 is 1.79 bits per heavy atom. The van der Waals surface area contributed by atoms with Crippen LogP contribution in [0.1, 0.15) is 24.9 Å². The summed E-state index contributed by atoms with van der Waals surface area (Å²) in [5.74, 6) is -0.886. The van der Waals surface area contributed by atoms with Gasteiger partial charge in [-0.1, -0.05) is 6.92 Å². The summed E-state index contributed by atoms with van der Waals surface area (Å²) in [5.41, 5.74) is 0.688. The van der Waals surface area contributed by atoms with Crippen molar-refractivity contribution in [2.45, 2.75) is 25.9 Å². The number of carboxylic acid groups (broad SMARTS) is 1. The molecular formula is C9H15N3O2. The van der Waals surface area contributed by atoms with Crippen molar-refractivity contribution in [2.24, 2.45) is 0 Å². The zero-order chi connectivity index (χ0) is 10.6. The lowest BCUT2D eigenvalue weighted by Gasteiger charge is -2.07. The van der Waals surface area contributed by atoms with Gasteiger partial charge in [0.2, 0.25) is 0 Å². The van der Waals surface area contributed by atoms with Crippen LogP contribution in [0.5, 0.6) is 0 Å². The summed E-state index contributed by atoms with van der Waals surface area (Å²) in [4.78, 5) is 10.8. The van der Waals surface area contributed by atoms with Gasteiger partial charge in [0.05, 0.1) is 6.20 Å². The van der Waals surface area contributed by atoms with Crippen LogP contribution in [0.2, 0.25) is 0 Å². The summed E-state index contributed by atoms with van der Waals surface area (Å²) in [7, 11) is 1.62. The lowest BCUT2D eigenvalue weighted by molar-refractivity contribution is -0.139. The molecule has 5 heteroatoms. The van der Waals surface area contributed by atoms with E-state index in [4.69, 9.17) is 5.11 Å². The van der Waals surface area contributed by atoms with E-state index in [9.17, 15) is 4.79 Å². The van der Waals surface area contributed by atoms with E-state index in [2.05, 4.69) is 10.4 Å². The van der Waals surface area contributed by atoms with Crippen LogP contribution < -0.4 is 5.32 Å². The van der Waals surface area contributed by atoms with Crippen molar-refractivity contribution < 1.29 is 9.90 Å². The minimum Gasteiger partial charge on any atom is -0.480 e. The van der Waals surface area contributed by atoms with Gasteiger partial charge in [0.25, 0.3) is 0 Å². The molecule has 5 nitrogen and oxygen atoms in total. The summed E-state index contributed by atoms with van der Waals surface area (Å²) in [5, 5.41) is 15.7. The normalized spacial score (nSPS) is 12.7. The Balaban J connectivity index is 2.78. The lowest BCUT2D eigenvalue weighted by atomic mass is 10.2. The highest BCUT2D eigenvalue weighted by atomic mass is 16.4. The number of aryl methyl sites for hydroxylation is 1. The van der Waals surface area contributed by atoms with Crippen molar-refractivity contribution >= 4 is 5.97 Å². The van der Waals surface area contributed by atoms with Gasteiger partial charge < -0.3 is 10.4 Å². The molecule has 0 saturated heterocycles. The van der Waals surface area contributed by atoms with E-state index >= 15 is 0 Å². The first-order valence-corrected chi connectivity index (χ1v) is 4.61. The van der Waals surface area contributed by atoms with Crippen LogP contribution in [0.3, 0.4) is 0 Å².